The number of nitrogens with one attached hydrogen (secondary N) is 1. The molecule has 0 radical (unpaired) electrons. The number of alkyl halides is 3. The molecular weight excluding hydrogens is 423 g/mol. The average Bonchev–Trinajstić information content (AvgIpc) is 3.12. The summed E-state index contributed by atoms with van der Waals surface area (Å²) < 4.78 is 41.9. The molecule has 2 aromatic carbocycles. The number of nitrogens with zero attached hydrogens (tertiary/aromatic N) is 2. The maximum Gasteiger partial charge on any atom is 0.434 e. The third-order valence-corrected chi connectivity index (χ3v) is 5.36. The number of hydrogen-bond donors (Lipinski definition) is 1. The van der Waals surface area contributed by atoms with Crippen molar-refractivity contribution in [3.63, 3.8) is 0 Å². The number of thioether (sulfide) groups is 1. The van der Waals surface area contributed by atoms with Gasteiger partial charge in [0.1, 0.15) is 0 Å². The highest BCUT2D eigenvalue weighted by atomic mass is 35.5. The fourth-order valence-corrected chi connectivity index (χ4v) is 3.62. The molecular formula is C20H17ClF3N3OS. The van der Waals surface area contributed by atoms with Gasteiger partial charge in [0.25, 0.3) is 5.91 Å². The van der Waals surface area contributed by atoms with Gasteiger partial charge in [-0.2, -0.15) is 18.3 Å². The molecule has 1 amide bonds. The zero-order valence-electron chi connectivity index (χ0n) is 15.3. The monoisotopic (exact) mass is 439 g/mol. The maximum absolute atomic E-state index is 13.7. The van der Waals surface area contributed by atoms with Crippen molar-refractivity contribution in [1.29, 1.82) is 0 Å². The number of amides is 1. The zero-order chi connectivity index (χ0) is 21.0. The number of aromatic nitrogens is 2. The Bertz CT molecular complexity index is 1000. The van der Waals surface area contributed by atoms with E-state index in [2.05, 4.69) is 10.4 Å². The van der Waals surface area contributed by atoms with E-state index in [1.807, 2.05) is 12.1 Å². The first-order valence-corrected chi connectivity index (χ1v) is 10.0. The highest BCUT2D eigenvalue weighted by Crippen LogP contribution is 2.34. The second-order valence-corrected chi connectivity index (χ2v) is 7.77. The molecule has 0 spiro atoms. The van der Waals surface area contributed by atoms with Gasteiger partial charge in [0.2, 0.25) is 0 Å². The molecule has 9 heteroatoms. The lowest BCUT2D eigenvalue weighted by molar-refractivity contribution is -0.143. The number of benzene rings is 2. The summed E-state index contributed by atoms with van der Waals surface area (Å²) in [6.45, 7) is 1.89. The fourth-order valence-electron chi connectivity index (χ4n) is 2.73. The van der Waals surface area contributed by atoms with Crippen LogP contribution in [0.4, 0.5) is 13.2 Å². The molecule has 0 atom stereocenters. The van der Waals surface area contributed by atoms with Crippen molar-refractivity contribution in [1.82, 2.24) is 15.1 Å². The lowest BCUT2D eigenvalue weighted by atomic mass is 10.1. The molecule has 0 bridgehead atoms. The second kappa shape index (κ2) is 8.92. The minimum Gasteiger partial charge on any atom is -0.351 e. The molecule has 0 aliphatic heterocycles. The molecule has 152 valence electrons. The Balaban J connectivity index is 1.73. The number of halogens is 4. The van der Waals surface area contributed by atoms with Gasteiger partial charge in [0.15, 0.2) is 5.69 Å². The molecule has 29 heavy (non-hydrogen) atoms. The van der Waals surface area contributed by atoms with E-state index in [-0.39, 0.29) is 12.2 Å². The number of aryl methyl sites for hydroxylation is 1. The highest BCUT2D eigenvalue weighted by Gasteiger charge is 2.40. The fraction of sp³-hybridized carbons (Fsp3) is 0.200. The van der Waals surface area contributed by atoms with Crippen molar-refractivity contribution < 1.29 is 18.0 Å². The van der Waals surface area contributed by atoms with Crippen LogP contribution in [0.5, 0.6) is 0 Å². The minimum atomic E-state index is -4.73. The van der Waals surface area contributed by atoms with Gasteiger partial charge < -0.3 is 5.32 Å². The Morgan fingerprint density at radius 2 is 1.86 bits per heavy atom. The van der Waals surface area contributed by atoms with Crippen molar-refractivity contribution in [2.24, 2.45) is 0 Å². The van der Waals surface area contributed by atoms with E-state index in [4.69, 9.17) is 11.6 Å². The number of hydrogen-bond acceptors (Lipinski definition) is 3. The first kappa shape index (κ1) is 21.3. The van der Waals surface area contributed by atoms with Crippen LogP contribution in [-0.2, 0) is 6.18 Å². The first-order chi connectivity index (χ1) is 13.8. The van der Waals surface area contributed by atoms with Gasteiger partial charge in [-0.05, 0) is 42.8 Å². The summed E-state index contributed by atoms with van der Waals surface area (Å²) in [4.78, 5) is 13.4. The molecule has 3 rings (SSSR count). The van der Waals surface area contributed by atoms with E-state index >= 15 is 0 Å². The zero-order valence-corrected chi connectivity index (χ0v) is 16.9. The van der Waals surface area contributed by atoms with E-state index in [0.29, 0.717) is 16.3 Å². The van der Waals surface area contributed by atoms with Gasteiger partial charge in [-0.1, -0.05) is 29.8 Å². The summed E-state index contributed by atoms with van der Waals surface area (Å²) in [5.74, 6) is -0.311. The Hall–Kier alpha value is -2.45. The van der Waals surface area contributed by atoms with Crippen LogP contribution in [-0.4, -0.2) is 28.0 Å². The molecule has 0 saturated carbocycles. The Morgan fingerprint density at radius 3 is 2.52 bits per heavy atom. The van der Waals surface area contributed by atoms with Gasteiger partial charge in [0.05, 0.1) is 17.4 Å². The summed E-state index contributed by atoms with van der Waals surface area (Å²) in [5.41, 5.74) is -0.698. The van der Waals surface area contributed by atoms with Crippen LogP contribution in [0.1, 0.15) is 21.6 Å². The molecule has 1 aromatic heterocycles. The molecule has 0 aliphatic carbocycles. The van der Waals surface area contributed by atoms with Crippen LogP contribution in [0.2, 0.25) is 5.02 Å². The van der Waals surface area contributed by atoms with Gasteiger partial charge in [0, 0.05) is 22.2 Å². The number of rotatable bonds is 6. The largest absolute Gasteiger partial charge is 0.434 e. The third-order valence-electron chi connectivity index (χ3n) is 4.10. The standard InChI is InChI=1S/C20H17ClF3N3OS/c1-13-4-2-3-5-17(13)27-18(20(22,23)24)16(12-26-27)19(28)25-10-11-29-15-8-6-14(21)7-9-15/h2-9,12H,10-11H2,1H3,(H,25,28). The van der Waals surface area contributed by atoms with Gasteiger partial charge >= 0.3 is 6.18 Å². The molecule has 0 saturated heterocycles. The Labute approximate surface area is 175 Å². The molecule has 0 unspecified atom stereocenters. The molecule has 1 N–H and O–H groups in total. The summed E-state index contributed by atoms with van der Waals surface area (Å²) in [6.07, 6.45) is -3.78. The van der Waals surface area contributed by atoms with Gasteiger partial charge in [-0.25, -0.2) is 4.68 Å². The van der Waals surface area contributed by atoms with Crippen LogP contribution in [0, 0.1) is 6.92 Å². The van der Waals surface area contributed by atoms with E-state index in [1.165, 1.54) is 17.8 Å². The van der Waals surface area contributed by atoms with Crippen LogP contribution in [0.25, 0.3) is 5.69 Å². The van der Waals surface area contributed by atoms with Crippen LogP contribution in [0.15, 0.2) is 59.6 Å². The third kappa shape index (κ3) is 5.13. The van der Waals surface area contributed by atoms with Gasteiger partial charge in [-0.15, -0.1) is 11.8 Å². The Kier molecular flexibility index (Phi) is 6.54. The quantitative estimate of drug-likeness (QED) is 0.414. The normalized spacial score (nSPS) is 11.5. The first-order valence-electron chi connectivity index (χ1n) is 8.65. The molecule has 3 aromatic rings. The van der Waals surface area contributed by atoms with Crippen LogP contribution in [0.3, 0.4) is 0 Å². The molecule has 4 nitrogen and oxygen atoms in total. The highest BCUT2D eigenvalue weighted by molar-refractivity contribution is 7.99. The van der Waals surface area contributed by atoms with Crippen molar-refractivity contribution in [3.8, 4) is 5.69 Å². The van der Waals surface area contributed by atoms with Crippen molar-refractivity contribution >= 4 is 29.3 Å². The van der Waals surface area contributed by atoms with Crippen molar-refractivity contribution in [2.45, 2.75) is 18.0 Å². The topological polar surface area (TPSA) is 46.9 Å². The minimum absolute atomic E-state index is 0.207. The SMILES string of the molecule is Cc1ccccc1-n1ncc(C(=O)NCCSc2ccc(Cl)cc2)c1C(F)(F)F. The van der Waals surface area contributed by atoms with E-state index in [1.54, 1.807) is 37.3 Å². The summed E-state index contributed by atoms with van der Waals surface area (Å²) in [7, 11) is 0. The van der Waals surface area contributed by atoms with E-state index in [9.17, 15) is 18.0 Å². The average molecular weight is 440 g/mol. The molecule has 0 fully saturated rings. The van der Waals surface area contributed by atoms with Crippen molar-refractivity contribution in [3.05, 3.63) is 76.6 Å². The van der Waals surface area contributed by atoms with Crippen LogP contribution < -0.4 is 5.32 Å². The number of carbonyl (C=O) groups is 1. The predicted molar refractivity (Wildman–Crippen MR) is 108 cm³/mol. The predicted octanol–water partition coefficient (Wildman–Crippen LogP) is 5.38. The molecule has 0 aliphatic rings. The number of para-hydroxylation sites is 1. The van der Waals surface area contributed by atoms with Crippen molar-refractivity contribution in [2.75, 3.05) is 12.3 Å². The lowest BCUT2D eigenvalue weighted by Crippen LogP contribution is -2.28. The molecule has 1 heterocycles. The maximum atomic E-state index is 13.7. The van der Waals surface area contributed by atoms with E-state index in [0.717, 1.165) is 15.8 Å². The second-order valence-electron chi connectivity index (χ2n) is 6.16. The summed E-state index contributed by atoms with van der Waals surface area (Å²) in [5, 5.41) is 6.99. The van der Waals surface area contributed by atoms with Gasteiger partial charge in [-0.3, -0.25) is 4.79 Å². The van der Waals surface area contributed by atoms with E-state index < -0.39 is 23.3 Å². The smallest absolute Gasteiger partial charge is 0.351 e. The lowest BCUT2D eigenvalue weighted by Gasteiger charge is -2.14. The summed E-state index contributed by atoms with van der Waals surface area (Å²) in [6, 6.07) is 13.7. The Morgan fingerprint density at radius 1 is 1.17 bits per heavy atom. The number of carbonyl (C=O) groups excluding carboxylic acids is 1. The van der Waals surface area contributed by atoms with Crippen LogP contribution >= 0.6 is 23.4 Å². The summed E-state index contributed by atoms with van der Waals surface area (Å²) >= 11 is 7.29.